The van der Waals surface area contributed by atoms with Crippen molar-refractivity contribution in [1.82, 2.24) is 4.98 Å². The van der Waals surface area contributed by atoms with Crippen molar-refractivity contribution in [2.24, 2.45) is 0 Å². The summed E-state index contributed by atoms with van der Waals surface area (Å²) in [4.78, 5) is 4.25. The van der Waals surface area contributed by atoms with Crippen LogP contribution in [0.25, 0.3) is 0 Å². The predicted octanol–water partition coefficient (Wildman–Crippen LogP) is 3.87. The van der Waals surface area contributed by atoms with Gasteiger partial charge in [-0.15, -0.1) is 0 Å². The lowest BCUT2D eigenvalue weighted by Gasteiger charge is -2.25. The van der Waals surface area contributed by atoms with Crippen molar-refractivity contribution in [3.63, 3.8) is 0 Å². The van der Waals surface area contributed by atoms with Crippen LogP contribution in [0.4, 0.5) is 0 Å². The molecule has 1 heterocycles. The second-order valence-corrected chi connectivity index (χ2v) is 4.77. The summed E-state index contributed by atoms with van der Waals surface area (Å²) >= 11 is 6.82. The first kappa shape index (κ1) is 8.70. The molecular formula is C9H9Br2N. The van der Waals surface area contributed by atoms with E-state index >= 15 is 0 Å². The molecule has 1 aliphatic carbocycles. The smallest absolute Gasteiger partial charge is 0.120 e. The third-order valence-electron chi connectivity index (χ3n) is 2.39. The van der Waals surface area contributed by atoms with Crippen LogP contribution < -0.4 is 0 Å². The number of hydrogen-bond acceptors (Lipinski definition) is 1. The molecule has 1 aromatic rings. The molecule has 0 spiro atoms. The van der Waals surface area contributed by atoms with Crippen molar-refractivity contribution < 1.29 is 0 Å². The van der Waals surface area contributed by atoms with Crippen molar-refractivity contribution in [2.45, 2.75) is 25.2 Å². The van der Waals surface area contributed by atoms with Gasteiger partial charge < -0.3 is 0 Å². The molecule has 0 aromatic carbocycles. The Morgan fingerprint density at radius 1 is 1.33 bits per heavy atom. The highest BCUT2D eigenvalue weighted by molar-refractivity contribution is 9.13. The van der Waals surface area contributed by atoms with Crippen molar-refractivity contribution in [3.05, 3.63) is 26.9 Å². The van der Waals surface area contributed by atoms with E-state index in [2.05, 4.69) is 42.9 Å². The van der Waals surface area contributed by atoms with Crippen LogP contribution in [0.5, 0.6) is 0 Å². The zero-order valence-electron chi connectivity index (χ0n) is 6.56. The average Bonchev–Trinajstić information content (AvgIpc) is 1.93. The molecule has 3 heteroatoms. The van der Waals surface area contributed by atoms with Gasteiger partial charge in [-0.2, -0.15) is 0 Å². The van der Waals surface area contributed by atoms with Gasteiger partial charge in [0.25, 0.3) is 0 Å². The minimum atomic E-state index is 0.766. The largest absolute Gasteiger partial charge is 0.248 e. The molecule has 0 aliphatic heterocycles. The van der Waals surface area contributed by atoms with Crippen molar-refractivity contribution in [3.8, 4) is 0 Å². The van der Waals surface area contributed by atoms with Gasteiger partial charge in [0, 0.05) is 6.20 Å². The molecule has 0 unspecified atom stereocenters. The lowest BCUT2D eigenvalue weighted by atomic mass is 9.81. The van der Waals surface area contributed by atoms with Crippen LogP contribution in [0.15, 0.2) is 21.3 Å². The highest BCUT2D eigenvalue weighted by Gasteiger charge is 2.20. The molecule has 1 nitrogen and oxygen atoms in total. The molecule has 0 saturated heterocycles. The lowest BCUT2D eigenvalue weighted by Crippen LogP contribution is -2.08. The van der Waals surface area contributed by atoms with Gasteiger partial charge in [-0.3, -0.25) is 0 Å². The van der Waals surface area contributed by atoms with Gasteiger partial charge in [0.05, 0.1) is 4.47 Å². The van der Waals surface area contributed by atoms with E-state index in [1.165, 1.54) is 24.8 Å². The fourth-order valence-electron chi connectivity index (χ4n) is 1.40. The maximum Gasteiger partial charge on any atom is 0.120 e. The van der Waals surface area contributed by atoms with E-state index in [4.69, 9.17) is 0 Å². The summed E-state index contributed by atoms with van der Waals surface area (Å²) in [6.07, 6.45) is 6.00. The van der Waals surface area contributed by atoms with E-state index in [0.29, 0.717) is 0 Å². The summed E-state index contributed by atoms with van der Waals surface area (Å²) in [6.45, 7) is 0. The summed E-state index contributed by atoms with van der Waals surface area (Å²) in [5.74, 6) is 0.766. The number of pyridine rings is 1. The molecule has 0 amide bonds. The van der Waals surface area contributed by atoms with Gasteiger partial charge in [0.1, 0.15) is 4.60 Å². The summed E-state index contributed by atoms with van der Waals surface area (Å²) in [7, 11) is 0. The number of nitrogens with zero attached hydrogens (tertiary/aromatic N) is 1. The van der Waals surface area contributed by atoms with E-state index < -0.39 is 0 Å². The molecule has 2 rings (SSSR count). The summed E-state index contributed by atoms with van der Waals surface area (Å²) in [6, 6.07) is 2.17. The van der Waals surface area contributed by atoms with Crippen molar-refractivity contribution in [1.29, 1.82) is 0 Å². The average molecular weight is 291 g/mol. The Labute approximate surface area is 88.8 Å². The normalized spacial score (nSPS) is 17.5. The Kier molecular flexibility index (Phi) is 2.51. The minimum Gasteiger partial charge on any atom is -0.248 e. The van der Waals surface area contributed by atoms with Gasteiger partial charge in [-0.05, 0) is 62.2 Å². The van der Waals surface area contributed by atoms with Gasteiger partial charge >= 0.3 is 0 Å². The molecular weight excluding hydrogens is 282 g/mol. The topological polar surface area (TPSA) is 12.9 Å². The molecule has 0 radical (unpaired) electrons. The van der Waals surface area contributed by atoms with Crippen LogP contribution in [0.3, 0.4) is 0 Å². The quantitative estimate of drug-likeness (QED) is 0.716. The fourth-order valence-corrected chi connectivity index (χ4v) is 1.98. The van der Waals surface area contributed by atoms with Gasteiger partial charge in [0.15, 0.2) is 0 Å². The second kappa shape index (κ2) is 3.46. The van der Waals surface area contributed by atoms with Gasteiger partial charge in [-0.1, -0.05) is 6.42 Å². The number of rotatable bonds is 1. The second-order valence-electron chi connectivity index (χ2n) is 3.17. The summed E-state index contributed by atoms with van der Waals surface area (Å²) in [5, 5.41) is 0. The first-order valence-electron chi connectivity index (χ1n) is 4.08. The van der Waals surface area contributed by atoms with Crippen LogP contribution in [0.1, 0.15) is 30.7 Å². The Bertz CT molecular complexity index is 295. The Morgan fingerprint density at radius 3 is 2.58 bits per heavy atom. The zero-order valence-corrected chi connectivity index (χ0v) is 9.73. The minimum absolute atomic E-state index is 0.766. The number of hydrogen-bond donors (Lipinski definition) is 0. The monoisotopic (exact) mass is 289 g/mol. The number of halogens is 2. The van der Waals surface area contributed by atoms with Crippen molar-refractivity contribution in [2.75, 3.05) is 0 Å². The first-order chi connectivity index (χ1) is 5.77. The molecule has 64 valence electrons. The van der Waals surface area contributed by atoms with E-state index in [0.717, 1.165) is 15.0 Å². The molecule has 12 heavy (non-hydrogen) atoms. The first-order valence-corrected chi connectivity index (χ1v) is 5.67. The SMILES string of the molecule is Brc1cc(C2CCC2)cnc1Br. The Hall–Kier alpha value is 0.110. The summed E-state index contributed by atoms with van der Waals surface area (Å²) < 4.78 is 1.96. The van der Waals surface area contributed by atoms with Crippen molar-refractivity contribution >= 4 is 31.9 Å². The van der Waals surface area contributed by atoms with Crippen LogP contribution in [0.2, 0.25) is 0 Å². The lowest BCUT2D eigenvalue weighted by molar-refractivity contribution is 0.418. The third kappa shape index (κ3) is 1.57. The Balaban J connectivity index is 2.27. The van der Waals surface area contributed by atoms with E-state index in [1.807, 2.05) is 6.20 Å². The molecule has 0 bridgehead atoms. The molecule has 1 aromatic heterocycles. The highest BCUT2D eigenvalue weighted by Crippen LogP contribution is 2.37. The fraction of sp³-hybridized carbons (Fsp3) is 0.444. The van der Waals surface area contributed by atoms with E-state index in [9.17, 15) is 0 Å². The van der Waals surface area contributed by atoms with Gasteiger partial charge in [0.2, 0.25) is 0 Å². The molecule has 0 N–H and O–H groups in total. The van der Waals surface area contributed by atoms with Crippen LogP contribution >= 0.6 is 31.9 Å². The maximum atomic E-state index is 4.25. The molecule has 0 atom stereocenters. The molecule has 1 fully saturated rings. The zero-order chi connectivity index (χ0) is 8.55. The van der Waals surface area contributed by atoms with Gasteiger partial charge in [-0.25, -0.2) is 4.98 Å². The van der Waals surface area contributed by atoms with E-state index in [1.54, 1.807) is 0 Å². The molecule has 1 saturated carbocycles. The standard InChI is InChI=1S/C9H9Br2N/c10-8-4-7(5-12-9(8)11)6-2-1-3-6/h4-6H,1-3H2. The van der Waals surface area contributed by atoms with Crippen LogP contribution in [-0.4, -0.2) is 4.98 Å². The predicted molar refractivity (Wildman–Crippen MR) is 56.2 cm³/mol. The number of aromatic nitrogens is 1. The third-order valence-corrected chi connectivity index (χ3v) is 4.16. The van der Waals surface area contributed by atoms with Crippen LogP contribution in [0, 0.1) is 0 Å². The summed E-state index contributed by atoms with van der Waals surface area (Å²) in [5.41, 5.74) is 1.37. The molecule has 1 aliphatic rings. The maximum absolute atomic E-state index is 4.25. The highest BCUT2D eigenvalue weighted by atomic mass is 79.9. The van der Waals surface area contributed by atoms with Crippen LogP contribution in [-0.2, 0) is 0 Å². The Morgan fingerprint density at radius 2 is 2.08 bits per heavy atom. The van der Waals surface area contributed by atoms with E-state index in [-0.39, 0.29) is 0 Å².